The zero-order chi connectivity index (χ0) is 19.0. The molecule has 0 bridgehead atoms. The largest absolute Gasteiger partial charge is 0.327 e. The van der Waals surface area contributed by atoms with Gasteiger partial charge in [-0.15, -0.1) is 0 Å². The number of rotatable bonds is 2. The summed E-state index contributed by atoms with van der Waals surface area (Å²) >= 11 is 12.1. The fourth-order valence-corrected chi connectivity index (χ4v) is 3.91. The molecule has 1 atom stereocenters. The van der Waals surface area contributed by atoms with Crippen LogP contribution in [0.2, 0.25) is 10.0 Å². The van der Waals surface area contributed by atoms with Gasteiger partial charge in [-0.2, -0.15) is 0 Å². The van der Waals surface area contributed by atoms with Crippen molar-refractivity contribution in [3.63, 3.8) is 0 Å². The topological polar surface area (TPSA) is 20.3 Å². The molecule has 27 heavy (non-hydrogen) atoms. The van der Waals surface area contributed by atoms with Crippen molar-refractivity contribution in [1.82, 2.24) is 4.90 Å². The van der Waals surface area contributed by atoms with Crippen LogP contribution in [-0.2, 0) is 6.42 Å². The van der Waals surface area contributed by atoms with Gasteiger partial charge in [0.25, 0.3) is 5.91 Å². The first-order valence-corrected chi connectivity index (χ1v) is 9.40. The molecule has 2 nitrogen and oxygen atoms in total. The van der Waals surface area contributed by atoms with Crippen molar-refractivity contribution in [2.45, 2.75) is 12.5 Å². The third-order valence-electron chi connectivity index (χ3n) is 4.91. The monoisotopic (exact) mass is 399 g/mol. The number of hydrogen-bond donors (Lipinski definition) is 0. The van der Waals surface area contributed by atoms with Gasteiger partial charge >= 0.3 is 0 Å². The van der Waals surface area contributed by atoms with E-state index in [9.17, 15) is 9.18 Å². The van der Waals surface area contributed by atoms with Crippen LogP contribution in [0.5, 0.6) is 0 Å². The molecule has 5 heteroatoms. The van der Waals surface area contributed by atoms with Crippen LogP contribution in [0.25, 0.3) is 0 Å². The van der Waals surface area contributed by atoms with E-state index in [0.29, 0.717) is 34.1 Å². The van der Waals surface area contributed by atoms with Crippen LogP contribution in [0.3, 0.4) is 0 Å². The maximum atomic E-state index is 14.6. The Balaban J connectivity index is 1.82. The van der Waals surface area contributed by atoms with Gasteiger partial charge < -0.3 is 4.90 Å². The van der Waals surface area contributed by atoms with E-state index in [1.165, 1.54) is 6.07 Å². The molecule has 1 unspecified atom stereocenters. The van der Waals surface area contributed by atoms with E-state index in [-0.39, 0.29) is 11.7 Å². The second-order valence-corrected chi connectivity index (χ2v) is 7.31. The lowest BCUT2D eigenvalue weighted by atomic mass is 9.87. The molecule has 0 saturated heterocycles. The van der Waals surface area contributed by atoms with E-state index in [1.54, 1.807) is 41.3 Å². The molecule has 0 saturated carbocycles. The average Bonchev–Trinajstić information content (AvgIpc) is 2.69. The van der Waals surface area contributed by atoms with E-state index in [4.69, 9.17) is 23.2 Å². The van der Waals surface area contributed by atoms with E-state index >= 15 is 0 Å². The fraction of sp³-hybridized carbons (Fsp3) is 0.136. The van der Waals surface area contributed by atoms with Crippen LogP contribution in [0, 0.1) is 5.82 Å². The van der Waals surface area contributed by atoms with Crippen molar-refractivity contribution >= 4 is 29.1 Å². The highest BCUT2D eigenvalue weighted by Crippen LogP contribution is 2.37. The molecule has 136 valence electrons. The lowest BCUT2D eigenvalue weighted by Gasteiger charge is -2.38. The molecule has 4 rings (SSSR count). The third kappa shape index (κ3) is 3.33. The Morgan fingerprint density at radius 1 is 0.926 bits per heavy atom. The zero-order valence-electron chi connectivity index (χ0n) is 14.3. The highest BCUT2D eigenvalue weighted by molar-refractivity contribution is 6.42. The Labute approximate surface area is 167 Å². The summed E-state index contributed by atoms with van der Waals surface area (Å²) in [6.07, 6.45) is 0.716. The molecule has 0 spiro atoms. The van der Waals surface area contributed by atoms with Crippen molar-refractivity contribution in [1.29, 1.82) is 0 Å². The molecule has 3 aromatic rings. The van der Waals surface area contributed by atoms with Crippen molar-refractivity contribution in [3.05, 3.63) is 105 Å². The van der Waals surface area contributed by atoms with Crippen LogP contribution in [0.4, 0.5) is 4.39 Å². The molecule has 0 radical (unpaired) electrons. The highest BCUT2D eigenvalue weighted by atomic mass is 35.5. The summed E-state index contributed by atoms with van der Waals surface area (Å²) in [6.45, 7) is 0.495. The van der Waals surface area contributed by atoms with Crippen LogP contribution >= 0.6 is 23.2 Å². The maximum absolute atomic E-state index is 14.6. The smallest absolute Gasteiger partial charge is 0.254 e. The van der Waals surface area contributed by atoms with Crippen molar-refractivity contribution < 1.29 is 9.18 Å². The predicted octanol–water partition coefficient (Wildman–Crippen LogP) is 5.92. The second kappa shape index (κ2) is 7.34. The number of nitrogens with zero attached hydrogens (tertiary/aromatic N) is 1. The lowest BCUT2D eigenvalue weighted by molar-refractivity contribution is 0.0692. The summed E-state index contributed by atoms with van der Waals surface area (Å²) in [5.74, 6) is -0.525. The first-order chi connectivity index (χ1) is 13.1. The molecule has 0 fully saturated rings. The maximum Gasteiger partial charge on any atom is 0.254 e. The molecule has 1 amide bonds. The minimum absolute atomic E-state index is 0.198. The van der Waals surface area contributed by atoms with Crippen molar-refractivity contribution in [2.75, 3.05) is 6.54 Å². The first-order valence-electron chi connectivity index (χ1n) is 8.64. The predicted molar refractivity (Wildman–Crippen MR) is 106 cm³/mol. The molecular weight excluding hydrogens is 384 g/mol. The molecule has 1 heterocycles. The van der Waals surface area contributed by atoms with E-state index < -0.39 is 6.04 Å². The molecular formula is C22H16Cl2FNO. The molecule has 0 N–H and O–H groups in total. The number of benzene rings is 3. The molecule has 0 aromatic heterocycles. The summed E-state index contributed by atoms with van der Waals surface area (Å²) < 4.78 is 14.6. The van der Waals surface area contributed by atoms with Crippen LogP contribution in [0.1, 0.15) is 33.1 Å². The van der Waals surface area contributed by atoms with Gasteiger partial charge in [0.2, 0.25) is 0 Å². The Bertz CT molecular complexity index is 1020. The first kappa shape index (κ1) is 18.0. The highest BCUT2D eigenvalue weighted by Gasteiger charge is 2.33. The van der Waals surface area contributed by atoms with Gasteiger partial charge in [-0.05, 0) is 41.8 Å². The summed E-state index contributed by atoms with van der Waals surface area (Å²) in [6, 6.07) is 18.8. The standard InChI is InChI=1S/C22H16Cl2FNO/c23-18-10-9-15(13-19(18)24)22(27)26-12-11-14-5-1-2-6-16(14)21(26)17-7-3-4-8-20(17)25/h1-10,13,21H,11-12H2. The number of hydrogen-bond acceptors (Lipinski definition) is 1. The average molecular weight is 400 g/mol. The fourth-order valence-electron chi connectivity index (χ4n) is 3.61. The van der Waals surface area contributed by atoms with Gasteiger partial charge in [-0.25, -0.2) is 4.39 Å². The van der Waals surface area contributed by atoms with Gasteiger partial charge in [-0.1, -0.05) is 65.7 Å². The minimum Gasteiger partial charge on any atom is -0.327 e. The van der Waals surface area contributed by atoms with Gasteiger partial charge in [0.15, 0.2) is 0 Å². The molecule has 0 aliphatic carbocycles. The second-order valence-electron chi connectivity index (χ2n) is 6.50. The van der Waals surface area contributed by atoms with Gasteiger partial charge in [-0.3, -0.25) is 4.79 Å². The number of halogens is 3. The molecule has 3 aromatic carbocycles. The Hall–Kier alpha value is -2.36. The van der Waals surface area contributed by atoms with Crippen LogP contribution in [-0.4, -0.2) is 17.4 Å². The summed E-state index contributed by atoms with van der Waals surface area (Å²) in [4.78, 5) is 15.0. The minimum atomic E-state index is -0.488. The van der Waals surface area contributed by atoms with Crippen molar-refractivity contribution in [2.24, 2.45) is 0 Å². The van der Waals surface area contributed by atoms with E-state index in [0.717, 1.165) is 11.1 Å². The Kier molecular flexibility index (Phi) is 4.90. The number of carbonyl (C=O) groups excluding carboxylic acids is 1. The molecule has 1 aliphatic rings. The van der Waals surface area contributed by atoms with E-state index in [2.05, 4.69) is 0 Å². The zero-order valence-corrected chi connectivity index (χ0v) is 15.8. The SMILES string of the molecule is O=C(c1ccc(Cl)c(Cl)c1)N1CCc2ccccc2C1c1ccccc1F. The lowest BCUT2D eigenvalue weighted by Crippen LogP contribution is -2.41. The summed E-state index contributed by atoms with van der Waals surface area (Å²) in [5.41, 5.74) is 2.99. The summed E-state index contributed by atoms with van der Waals surface area (Å²) in [7, 11) is 0. The Morgan fingerprint density at radius 2 is 1.63 bits per heavy atom. The van der Waals surface area contributed by atoms with Gasteiger partial charge in [0, 0.05) is 17.7 Å². The van der Waals surface area contributed by atoms with E-state index in [1.807, 2.05) is 24.3 Å². The van der Waals surface area contributed by atoms with Gasteiger partial charge in [0.1, 0.15) is 5.82 Å². The number of amides is 1. The molecule has 1 aliphatic heterocycles. The normalized spacial score (nSPS) is 16.1. The number of fused-ring (bicyclic) bond motifs is 1. The summed E-state index contributed by atoms with van der Waals surface area (Å²) in [5, 5.41) is 0.713. The van der Waals surface area contributed by atoms with Crippen molar-refractivity contribution in [3.8, 4) is 0 Å². The Morgan fingerprint density at radius 3 is 2.37 bits per heavy atom. The van der Waals surface area contributed by atoms with Crippen LogP contribution in [0.15, 0.2) is 66.7 Å². The number of carbonyl (C=O) groups is 1. The van der Waals surface area contributed by atoms with Crippen LogP contribution < -0.4 is 0 Å². The third-order valence-corrected chi connectivity index (χ3v) is 5.65. The van der Waals surface area contributed by atoms with Gasteiger partial charge in [0.05, 0.1) is 16.1 Å². The quantitative estimate of drug-likeness (QED) is 0.523.